The second kappa shape index (κ2) is 5.52. The van der Waals surface area contributed by atoms with Crippen molar-refractivity contribution in [2.45, 2.75) is 45.1 Å². The van der Waals surface area contributed by atoms with E-state index in [-0.39, 0.29) is 12.6 Å². The molecular formula is C13H22N4O. The number of aliphatic hydroxyl groups is 1. The quantitative estimate of drug-likeness (QED) is 0.719. The van der Waals surface area contributed by atoms with Gasteiger partial charge in [0.05, 0.1) is 0 Å². The van der Waals surface area contributed by atoms with Crippen molar-refractivity contribution in [3.63, 3.8) is 0 Å². The monoisotopic (exact) mass is 250 g/mol. The third-order valence-corrected chi connectivity index (χ3v) is 3.29. The maximum atomic E-state index is 8.95. The first kappa shape index (κ1) is 13.1. The molecule has 1 aliphatic carbocycles. The molecule has 0 radical (unpaired) electrons. The molecule has 100 valence electrons. The highest BCUT2D eigenvalue weighted by atomic mass is 16.3. The largest absolute Gasteiger partial charge is 0.396 e. The number of aromatic nitrogens is 2. The van der Waals surface area contributed by atoms with E-state index >= 15 is 0 Å². The van der Waals surface area contributed by atoms with Crippen molar-refractivity contribution < 1.29 is 5.11 Å². The molecule has 1 aliphatic rings. The first-order valence-corrected chi connectivity index (χ1v) is 6.59. The van der Waals surface area contributed by atoms with Gasteiger partial charge in [0.25, 0.3) is 0 Å². The highest BCUT2D eigenvalue weighted by Crippen LogP contribution is 2.39. The lowest BCUT2D eigenvalue weighted by atomic mass is 10.2. The summed E-state index contributed by atoms with van der Waals surface area (Å²) in [5, 5.41) is 15.4. The summed E-state index contributed by atoms with van der Waals surface area (Å²) in [5.41, 5.74) is 1.03. The van der Waals surface area contributed by atoms with Crippen LogP contribution in [0.25, 0.3) is 0 Å². The molecule has 0 bridgehead atoms. The Kier molecular flexibility index (Phi) is 4.01. The van der Waals surface area contributed by atoms with Crippen LogP contribution in [0.1, 0.15) is 43.5 Å². The molecule has 18 heavy (non-hydrogen) atoms. The molecule has 0 aliphatic heterocycles. The minimum atomic E-state index is 0.187. The standard InChI is InChI=1S/C13H22N4O/c1-8(6-7-18)15-12-9(2)11(14-3)16-13(17-12)10-4-5-10/h8,10,18H,4-7H2,1-3H3,(H2,14,15,16,17). The predicted octanol–water partition coefficient (Wildman–Crippen LogP) is 1.89. The molecule has 0 saturated heterocycles. The first-order valence-electron chi connectivity index (χ1n) is 6.59. The highest BCUT2D eigenvalue weighted by molar-refractivity contribution is 5.57. The van der Waals surface area contributed by atoms with Gasteiger partial charge in [0.2, 0.25) is 0 Å². The van der Waals surface area contributed by atoms with E-state index in [0.29, 0.717) is 5.92 Å². The summed E-state index contributed by atoms with van der Waals surface area (Å²) < 4.78 is 0. The van der Waals surface area contributed by atoms with Crippen LogP contribution in [-0.2, 0) is 0 Å². The van der Waals surface area contributed by atoms with E-state index in [9.17, 15) is 0 Å². The Morgan fingerprint density at radius 3 is 2.56 bits per heavy atom. The van der Waals surface area contributed by atoms with Crippen LogP contribution in [0, 0.1) is 6.92 Å². The van der Waals surface area contributed by atoms with Crippen LogP contribution in [0.15, 0.2) is 0 Å². The molecule has 2 rings (SSSR count). The molecule has 1 atom stereocenters. The predicted molar refractivity (Wildman–Crippen MR) is 73.1 cm³/mol. The number of anilines is 2. The average Bonchev–Trinajstić information content (AvgIpc) is 3.16. The molecule has 5 nitrogen and oxygen atoms in total. The van der Waals surface area contributed by atoms with Crippen molar-refractivity contribution in [3.8, 4) is 0 Å². The molecule has 5 heteroatoms. The van der Waals surface area contributed by atoms with Crippen LogP contribution in [0.4, 0.5) is 11.6 Å². The van der Waals surface area contributed by atoms with Gasteiger partial charge in [-0.05, 0) is 33.1 Å². The zero-order chi connectivity index (χ0) is 13.1. The number of aliphatic hydroxyl groups excluding tert-OH is 1. The fourth-order valence-electron chi connectivity index (χ4n) is 1.94. The lowest BCUT2D eigenvalue weighted by Crippen LogP contribution is -2.19. The molecule has 1 aromatic heterocycles. The fraction of sp³-hybridized carbons (Fsp3) is 0.692. The Labute approximate surface area is 108 Å². The van der Waals surface area contributed by atoms with Crippen LogP contribution in [0.2, 0.25) is 0 Å². The van der Waals surface area contributed by atoms with Crippen LogP contribution in [-0.4, -0.2) is 34.8 Å². The van der Waals surface area contributed by atoms with E-state index in [1.165, 1.54) is 12.8 Å². The molecule has 1 fully saturated rings. The fourth-order valence-corrected chi connectivity index (χ4v) is 1.94. The lowest BCUT2D eigenvalue weighted by Gasteiger charge is -2.17. The van der Waals surface area contributed by atoms with Gasteiger partial charge in [0, 0.05) is 31.2 Å². The molecule has 0 spiro atoms. The van der Waals surface area contributed by atoms with Crippen molar-refractivity contribution in [3.05, 3.63) is 11.4 Å². The minimum absolute atomic E-state index is 0.187. The van der Waals surface area contributed by atoms with Gasteiger partial charge in [-0.2, -0.15) is 0 Å². The third-order valence-electron chi connectivity index (χ3n) is 3.29. The summed E-state index contributed by atoms with van der Waals surface area (Å²) >= 11 is 0. The van der Waals surface area contributed by atoms with Gasteiger partial charge in [0.15, 0.2) is 0 Å². The van der Waals surface area contributed by atoms with Crippen molar-refractivity contribution in [2.24, 2.45) is 0 Å². The van der Waals surface area contributed by atoms with E-state index in [0.717, 1.165) is 29.4 Å². The van der Waals surface area contributed by atoms with Gasteiger partial charge in [-0.15, -0.1) is 0 Å². The van der Waals surface area contributed by atoms with Crippen molar-refractivity contribution in [1.29, 1.82) is 0 Å². The average molecular weight is 250 g/mol. The zero-order valence-electron chi connectivity index (χ0n) is 11.3. The maximum absolute atomic E-state index is 8.95. The van der Waals surface area contributed by atoms with Gasteiger partial charge in [0.1, 0.15) is 17.5 Å². The van der Waals surface area contributed by atoms with Gasteiger partial charge < -0.3 is 15.7 Å². The second-order valence-corrected chi connectivity index (χ2v) is 4.99. The lowest BCUT2D eigenvalue weighted by molar-refractivity contribution is 0.282. The van der Waals surface area contributed by atoms with E-state index in [1.54, 1.807) is 0 Å². The molecule has 0 aromatic carbocycles. The van der Waals surface area contributed by atoms with E-state index in [1.807, 2.05) is 20.9 Å². The smallest absolute Gasteiger partial charge is 0.136 e. The first-order chi connectivity index (χ1) is 8.65. The van der Waals surface area contributed by atoms with Gasteiger partial charge >= 0.3 is 0 Å². The van der Waals surface area contributed by atoms with Crippen molar-refractivity contribution in [1.82, 2.24) is 9.97 Å². The third kappa shape index (κ3) is 2.90. The summed E-state index contributed by atoms with van der Waals surface area (Å²) in [6.07, 6.45) is 3.10. The normalized spacial score (nSPS) is 16.4. The molecule has 1 unspecified atom stereocenters. The Balaban J connectivity index is 2.23. The highest BCUT2D eigenvalue weighted by Gasteiger charge is 2.28. The molecule has 3 N–H and O–H groups in total. The van der Waals surface area contributed by atoms with E-state index in [2.05, 4.69) is 20.6 Å². The Hall–Kier alpha value is -1.36. The topological polar surface area (TPSA) is 70.1 Å². The summed E-state index contributed by atoms with van der Waals surface area (Å²) in [5.74, 6) is 3.25. The molecule has 0 amide bonds. The summed E-state index contributed by atoms with van der Waals surface area (Å²) in [6, 6.07) is 0.209. The summed E-state index contributed by atoms with van der Waals surface area (Å²) in [7, 11) is 1.88. The van der Waals surface area contributed by atoms with Crippen molar-refractivity contribution >= 4 is 11.6 Å². The van der Waals surface area contributed by atoms with Crippen LogP contribution < -0.4 is 10.6 Å². The van der Waals surface area contributed by atoms with Crippen LogP contribution >= 0.6 is 0 Å². The summed E-state index contributed by atoms with van der Waals surface area (Å²) in [6.45, 7) is 4.25. The van der Waals surface area contributed by atoms with Crippen LogP contribution in [0.5, 0.6) is 0 Å². The zero-order valence-corrected chi connectivity index (χ0v) is 11.3. The minimum Gasteiger partial charge on any atom is -0.396 e. The Bertz CT molecular complexity index is 418. The maximum Gasteiger partial charge on any atom is 0.136 e. The number of rotatable bonds is 6. The van der Waals surface area contributed by atoms with Crippen molar-refractivity contribution in [2.75, 3.05) is 24.3 Å². The van der Waals surface area contributed by atoms with Crippen LogP contribution in [0.3, 0.4) is 0 Å². The number of hydrogen-bond acceptors (Lipinski definition) is 5. The summed E-state index contributed by atoms with van der Waals surface area (Å²) in [4.78, 5) is 9.18. The number of hydrogen-bond donors (Lipinski definition) is 3. The van der Waals surface area contributed by atoms with Gasteiger partial charge in [-0.1, -0.05) is 0 Å². The van der Waals surface area contributed by atoms with E-state index < -0.39 is 0 Å². The van der Waals surface area contributed by atoms with E-state index in [4.69, 9.17) is 5.11 Å². The second-order valence-electron chi connectivity index (χ2n) is 4.99. The molecule has 1 aromatic rings. The SMILES string of the molecule is CNc1nc(C2CC2)nc(NC(C)CCO)c1C. The molecular weight excluding hydrogens is 228 g/mol. The Morgan fingerprint density at radius 1 is 1.33 bits per heavy atom. The van der Waals surface area contributed by atoms with Gasteiger partial charge in [-0.25, -0.2) is 9.97 Å². The molecule has 1 saturated carbocycles. The number of nitrogens with zero attached hydrogens (tertiary/aromatic N) is 2. The number of nitrogens with one attached hydrogen (secondary N) is 2. The Morgan fingerprint density at radius 2 is 2.00 bits per heavy atom. The van der Waals surface area contributed by atoms with Gasteiger partial charge in [-0.3, -0.25) is 0 Å². The molecule has 1 heterocycles.